The molecule has 0 saturated carbocycles. The van der Waals surface area contributed by atoms with Gasteiger partial charge in [-0.05, 0) is 47.0 Å². The van der Waals surface area contributed by atoms with Gasteiger partial charge in [0.25, 0.3) is 11.6 Å². The molecule has 0 aliphatic heterocycles. The SMILES string of the molecule is Cc1ccc(NC(=O)C(C#N)=Cc2cn(Cc3cccc4ccccc34)c3ccccc23)c([N+](=O)[O-])c1. The molecule has 0 saturated heterocycles. The highest BCUT2D eigenvalue weighted by atomic mass is 16.6. The Hall–Kier alpha value is -5.22. The van der Waals surface area contributed by atoms with Crippen LogP contribution in [0.15, 0.2) is 96.7 Å². The van der Waals surface area contributed by atoms with Crippen LogP contribution >= 0.6 is 0 Å². The highest BCUT2D eigenvalue weighted by molar-refractivity contribution is 6.11. The van der Waals surface area contributed by atoms with Gasteiger partial charge in [-0.2, -0.15) is 5.26 Å². The molecule has 1 heterocycles. The summed E-state index contributed by atoms with van der Waals surface area (Å²) in [4.78, 5) is 23.8. The largest absolute Gasteiger partial charge is 0.342 e. The fraction of sp³-hybridized carbons (Fsp3) is 0.0667. The van der Waals surface area contributed by atoms with Gasteiger partial charge in [0.15, 0.2) is 0 Å². The van der Waals surface area contributed by atoms with Crippen molar-refractivity contribution < 1.29 is 9.72 Å². The van der Waals surface area contributed by atoms with Gasteiger partial charge in [0.2, 0.25) is 0 Å². The van der Waals surface area contributed by atoms with Crippen LogP contribution in [-0.4, -0.2) is 15.4 Å². The number of amides is 1. The predicted molar refractivity (Wildman–Crippen MR) is 145 cm³/mol. The average Bonchev–Trinajstić information content (AvgIpc) is 3.25. The van der Waals surface area contributed by atoms with E-state index in [1.165, 1.54) is 18.2 Å². The Morgan fingerprint density at radius 2 is 1.76 bits per heavy atom. The van der Waals surface area contributed by atoms with Crippen LogP contribution in [0.4, 0.5) is 11.4 Å². The maximum Gasteiger partial charge on any atom is 0.293 e. The summed E-state index contributed by atoms with van der Waals surface area (Å²) < 4.78 is 2.10. The second kappa shape index (κ2) is 9.80. The van der Waals surface area contributed by atoms with Gasteiger partial charge in [0.1, 0.15) is 17.3 Å². The molecule has 7 nitrogen and oxygen atoms in total. The zero-order chi connectivity index (χ0) is 25.9. The molecule has 1 aromatic heterocycles. The second-order valence-corrected chi connectivity index (χ2v) is 8.77. The number of nitrogens with zero attached hydrogens (tertiary/aromatic N) is 3. The van der Waals surface area contributed by atoms with Crippen LogP contribution in [0.1, 0.15) is 16.7 Å². The highest BCUT2D eigenvalue weighted by Gasteiger charge is 2.19. The van der Waals surface area contributed by atoms with Crippen molar-refractivity contribution in [1.29, 1.82) is 5.26 Å². The number of para-hydroxylation sites is 1. The Kier molecular flexibility index (Phi) is 6.23. The Bertz CT molecular complexity index is 1750. The predicted octanol–water partition coefficient (Wildman–Crippen LogP) is 6.61. The number of aromatic nitrogens is 1. The number of nitro benzene ring substituents is 1. The minimum Gasteiger partial charge on any atom is -0.342 e. The number of aryl methyl sites for hydroxylation is 1. The molecule has 5 rings (SSSR count). The third-order valence-corrected chi connectivity index (χ3v) is 6.30. The summed E-state index contributed by atoms with van der Waals surface area (Å²) in [5.41, 5.74) is 3.19. The number of anilines is 1. The van der Waals surface area contributed by atoms with Crippen molar-refractivity contribution in [3.63, 3.8) is 0 Å². The fourth-order valence-electron chi connectivity index (χ4n) is 4.53. The molecule has 0 bridgehead atoms. The van der Waals surface area contributed by atoms with E-state index in [1.54, 1.807) is 13.0 Å². The van der Waals surface area contributed by atoms with Crippen molar-refractivity contribution in [2.45, 2.75) is 13.5 Å². The zero-order valence-electron chi connectivity index (χ0n) is 20.0. The quantitative estimate of drug-likeness (QED) is 0.126. The van der Waals surface area contributed by atoms with Gasteiger partial charge < -0.3 is 9.88 Å². The molecule has 1 amide bonds. The minimum absolute atomic E-state index is 0.0418. The summed E-state index contributed by atoms with van der Waals surface area (Å²) in [6.07, 6.45) is 3.45. The third kappa shape index (κ3) is 4.68. The number of hydrogen-bond acceptors (Lipinski definition) is 4. The average molecular weight is 487 g/mol. The van der Waals surface area contributed by atoms with E-state index in [1.807, 2.05) is 54.7 Å². The van der Waals surface area contributed by atoms with Crippen LogP contribution in [0.3, 0.4) is 0 Å². The van der Waals surface area contributed by atoms with Crippen molar-refractivity contribution in [3.05, 3.63) is 124 Å². The number of nitro groups is 1. The lowest BCUT2D eigenvalue weighted by molar-refractivity contribution is -0.384. The molecule has 37 heavy (non-hydrogen) atoms. The van der Waals surface area contributed by atoms with E-state index in [4.69, 9.17) is 0 Å². The lowest BCUT2D eigenvalue weighted by Gasteiger charge is -2.09. The normalized spacial score (nSPS) is 11.4. The van der Waals surface area contributed by atoms with Gasteiger partial charge in [0.05, 0.1) is 4.92 Å². The summed E-state index contributed by atoms with van der Waals surface area (Å²) in [6, 6.07) is 28.7. The Morgan fingerprint density at radius 3 is 2.54 bits per heavy atom. The van der Waals surface area contributed by atoms with E-state index in [0.29, 0.717) is 17.7 Å². The molecule has 180 valence electrons. The number of carbonyl (C=O) groups excluding carboxylic acids is 1. The molecule has 0 spiro atoms. The first-order chi connectivity index (χ1) is 17.9. The number of benzene rings is 4. The summed E-state index contributed by atoms with van der Waals surface area (Å²) in [5, 5.41) is 27.0. The molecule has 0 radical (unpaired) electrons. The molecule has 0 aliphatic carbocycles. The molecule has 0 atom stereocenters. The van der Waals surface area contributed by atoms with Crippen LogP contribution in [0.25, 0.3) is 27.8 Å². The maximum atomic E-state index is 13.0. The Morgan fingerprint density at radius 1 is 1.03 bits per heavy atom. The number of carbonyl (C=O) groups is 1. The molecule has 7 heteroatoms. The summed E-state index contributed by atoms with van der Waals surface area (Å²) >= 11 is 0. The molecule has 4 aromatic carbocycles. The van der Waals surface area contributed by atoms with Crippen LogP contribution in [0, 0.1) is 28.4 Å². The third-order valence-electron chi connectivity index (χ3n) is 6.30. The lowest BCUT2D eigenvalue weighted by Crippen LogP contribution is -2.14. The van der Waals surface area contributed by atoms with Crippen molar-refractivity contribution in [2.24, 2.45) is 0 Å². The standard InChI is InChI=1S/C30H22N4O3/c1-20-13-14-27(29(15-20)34(36)37)32-30(35)23(17-31)16-24-19-33(28-12-5-4-11-26(24)28)18-22-9-6-8-21-7-2-3-10-25(21)22/h2-16,19H,18H2,1H3,(H,32,35). The fourth-order valence-corrected chi connectivity index (χ4v) is 4.53. The number of rotatable bonds is 6. The molecule has 0 fully saturated rings. The Balaban J connectivity index is 1.52. The Labute approximate surface area is 213 Å². The molecule has 0 unspecified atom stereocenters. The van der Waals surface area contributed by atoms with E-state index in [2.05, 4.69) is 34.1 Å². The summed E-state index contributed by atoms with van der Waals surface area (Å²) in [7, 11) is 0. The minimum atomic E-state index is -0.708. The van der Waals surface area contributed by atoms with Gasteiger partial charge in [-0.25, -0.2) is 0 Å². The zero-order valence-corrected chi connectivity index (χ0v) is 20.0. The van der Waals surface area contributed by atoms with Crippen LogP contribution in [-0.2, 0) is 11.3 Å². The van der Waals surface area contributed by atoms with Crippen LogP contribution in [0.5, 0.6) is 0 Å². The van der Waals surface area contributed by atoms with Gasteiger partial charge >= 0.3 is 0 Å². The first-order valence-corrected chi connectivity index (χ1v) is 11.7. The van der Waals surface area contributed by atoms with Crippen LogP contribution < -0.4 is 5.32 Å². The number of fused-ring (bicyclic) bond motifs is 2. The molecule has 5 aromatic rings. The first kappa shape index (κ1) is 23.5. The molecule has 0 aliphatic rings. The molecular weight excluding hydrogens is 464 g/mol. The van der Waals surface area contributed by atoms with E-state index in [-0.39, 0.29) is 16.9 Å². The van der Waals surface area contributed by atoms with Gasteiger partial charge in [-0.1, -0.05) is 66.7 Å². The van der Waals surface area contributed by atoms with Gasteiger partial charge in [-0.15, -0.1) is 0 Å². The van der Waals surface area contributed by atoms with E-state index in [0.717, 1.165) is 27.2 Å². The smallest absolute Gasteiger partial charge is 0.293 e. The van der Waals surface area contributed by atoms with Crippen molar-refractivity contribution in [1.82, 2.24) is 4.57 Å². The number of nitriles is 1. The van der Waals surface area contributed by atoms with Gasteiger partial charge in [0, 0.05) is 35.3 Å². The number of hydrogen-bond donors (Lipinski definition) is 1. The van der Waals surface area contributed by atoms with Crippen molar-refractivity contribution in [2.75, 3.05) is 5.32 Å². The lowest BCUT2D eigenvalue weighted by atomic mass is 10.0. The van der Waals surface area contributed by atoms with E-state index < -0.39 is 10.8 Å². The van der Waals surface area contributed by atoms with Gasteiger partial charge in [-0.3, -0.25) is 14.9 Å². The molecule has 1 N–H and O–H groups in total. The van der Waals surface area contributed by atoms with Crippen LogP contribution in [0.2, 0.25) is 0 Å². The van der Waals surface area contributed by atoms with Crippen molar-refractivity contribution >= 4 is 45.0 Å². The van der Waals surface area contributed by atoms with E-state index >= 15 is 0 Å². The summed E-state index contributed by atoms with van der Waals surface area (Å²) in [5.74, 6) is -0.708. The molecular formula is C30H22N4O3. The summed E-state index contributed by atoms with van der Waals surface area (Å²) in [6.45, 7) is 2.34. The first-order valence-electron chi connectivity index (χ1n) is 11.7. The van der Waals surface area contributed by atoms with E-state index in [9.17, 15) is 20.2 Å². The highest BCUT2D eigenvalue weighted by Crippen LogP contribution is 2.28. The maximum absolute atomic E-state index is 13.0. The number of nitrogens with one attached hydrogen (secondary N) is 1. The monoisotopic (exact) mass is 486 g/mol. The second-order valence-electron chi connectivity index (χ2n) is 8.77. The topological polar surface area (TPSA) is 101 Å². The van der Waals surface area contributed by atoms with Crippen molar-refractivity contribution in [3.8, 4) is 6.07 Å².